The topological polar surface area (TPSA) is 95.2 Å². The summed E-state index contributed by atoms with van der Waals surface area (Å²) in [6, 6.07) is 12.9. The number of rotatable bonds is 7. The maximum atomic E-state index is 6.50. The first-order valence-corrected chi connectivity index (χ1v) is 10.2. The van der Waals surface area contributed by atoms with Gasteiger partial charge in [-0.05, 0) is 43.7 Å². The van der Waals surface area contributed by atoms with Crippen molar-refractivity contribution in [3.8, 4) is 11.5 Å². The Kier molecular flexibility index (Phi) is 6.04. The third kappa shape index (κ3) is 4.62. The normalized spacial score (nSPS) is 10.8. The number of hydrogen-bond acceptors (Lipinski definition) is 7. The number of nitrogens with one attached hydrogen (secondary N) is 1. The molecular weight excluding hydrogens is 414 g/mol. The first-order valence-electron chi connectivity index (χ1n) is 9.82. The Morgan fingerprint density at radius 2 is 1.94 bits per heavy atom. The van der Waals surface area contributed by atoms with E-state index in [4.69, 9.17) is 26.8 Å². The first kappa shape index (κ1) is 20.7. The Morgan fingerprint density at radius 3 is 2.71 bits per heavy atom. The molecule has 0 bridgehead atoms. The Bertz CT molecular complexity index is 1230. The number of hydrogen-bond donors (Lipinski definition) is 2. The van der Waals surface area contributed by atoms with Crippen LogP contribution in [-0.2, 0) is 6.61 Å². The number of nitrogen functional groups attached to an aromatic ring is 1. The molecule has 2 aromatic heterocycles. The van der Waals surface area contributed by atoms with Gasteiger partial charge >= 0.3 is 0 Å². The molecule has 0 amide bonds. The highest BCUT2D eigenvalue weighted by molar-refractivity contribution is 6.33. The molecule has 31 heavy (non-hydrogen) atoms. The van der Waals surface area contributed by atoms with Gasteiger partial charge in [0.05, 0.1) is 34.2 Å². The predicted molar refractivity (Wildman–Crippen MR) is 123 cm³/mol. The highest BCUT2D eigenvalue weighted by Gasteiger charge is 2.11. The Labute approximate surface area is 185 Å². The lowest BCUT2D eigenvalue weighted by molar-refractivity contribution is 0.300. The summed E-state index contributed by atoms with van der Waals surface area (Å²) in [5.74, 6) is 1.85. The van der Waals surface area contributed by atoms with E-state index in [0.29, 0.717) is 46.9 Å². The fraction of sp³-hybridized carbons (Fsp3) is 0.174. The zero-order valence-electron chi connectivity index (χ0n) is 17.2. The van der Waals surface area contributed by atoms with E-state index in [0.717, 1.165) is 22.2 Å². The molecule has 0 saturated carbocycles. The van der Waals surface area contributed by atoms with Gasteiger partial charge in [0.15, 0.2) is 0 Å². The van der Waals surface area contributed by atoms with E-state index in [2.05, 4.69) is 20.3 Å². The number of nitrogens with two attached hydrogens (primary N) is 1. The monoisotopic (exact) mass is 435 g/mol. The standard InChI is InChI=1S/C23H22ClN5O2/c1-3-30-22-11-20-16(10-18(22)25)23(28-13-27-20)29-19-7-6-15(9-17(19)24)31-12-21-14(2)5-4-8-26-21/h4-11,13H,3,12,25H2,1-2H3,(H,27,28,29). The molecule has 0 fully saturated rings. The third-order valence-electron chi connectivity index (χ3n) is 4.75. The SMILES string of the molecule is CCOc1cc2ncnc(Nc3ccc(OCc4ncccc4C)cc3Cl)c2cc1N. The number of aryl methyl sites for hydroxylation is 1. The van der Waals surface area contributed by atoms with Gasteiger partial charge in [0.2, 0.25) is 0 Å². The molecule has 0 radical (unpaired) electrons. The zero-order valence-corrected chi connectivity index (χ0v) is 18.0. The Hall–Kier alpha value is -3.58. The van der Waals surface area contributed by atoms with Crippen LogP contribution in [0.2, 0.25) is 5.02 Å². The number of fused-ring (bicyclic) bond motifs is 1. The average Bonchev–Trinajstić information content (AvgIpc) is 2.76. The maximum Gasteiger partial charge on any atom is 0.144 e. The second-order valence-electron chi connectivity index (χ2n) is 6.88. The molecule has 4 aromatic rings. The molecule has 3 N–H and O–H groups in total. The fourth-order valence-corrected chi connectivity index (χ4v) is 3.33. The molecular formula is C23H22ClN5O2. The predicted octanol–water partition coefficient (Wildman–Crippen LogP) is 5.29. The van der Waals surface area contributed by atoms with Gasteiger partial charge in [0.1, 0.15) is 30.3 Å². The van der Waals surface area contributed by atoms with E-state index in [-0.39, 0.29) is 0 Å². The van der Waals surface area contributed by atoms with Crippen LogP contribution in [0.4, 0.5) is 17.2 Å². The fourth-order valence-electron chi connectivity index (χ4n) is 3.12. The minimum absolute atomic E-state index is 0.369. The number of aromatic nitrogens is 3. The number of anilines is 3. The molecule has 7 nitrogen and oxygen atoms in total. The average molecular weight is 436 g/mol. The largest absolute Gasteiger partial charge is 0.492 e. The van der Waals surface area contributed by atoms with Crippen LogP contribution in [0.25, 0.3) is 10.9 Å². The van der Waals surface area contributed by atoms with Crippen LogP contribution in [0.5, 0.6) is 11.5 Å². The van der Waals surface area contributed by atoms with Gasteiger partial charge in [-0.3, -0.25) is 4.98 Å². The summed E-state index contributed by atoms with van der Waals surface area (Å²) in [6.07, 6.45) is 3.24. The highest BCUT2D eigenvalue weighted by atomic mass is 35.5. The van der Waals surface area contributed by atoms with Crippen LogP contribution < -0.4 is 20.5 Å². The van der Waals surface area contributed by atoms with Crippen molar-refractivity contribution in [3.63, 3.8) is 0 Å². The Balaban J connectivity index is 1.55. The smallest absolute Gasteiger partial charge is 0.144 e. The van der Waals surface area contributed by atoms with Crippen molar-refractivity contribution in [1.29, 1.82) is 0 Å². The number of nitrogens with zero attached hydrogens (tertiary/aromatic N) is 3. The van der Waals surface area contributed by atoms with Gasteiger partial charge in [-0.25, -0.2) is 9.97 Å². The van der Waals surface area contributed by atoms with Gasteiger partial charge in [-0.1, -0.05) is 17.7 Å². The van der Waals surface area contributed by atoms with Gasteiger partial charge in [-0.15, -0.1) is 0 Å². The summed E-state index contributed by atoms with van der Waals surface area (Å²) < 4.78 is 11.4. The molecule has 0 spiro atoms. The lowest BCUT2D eigenvalue weighted by Gasteiger charge is -2.13. The van der Waals surface area contributed by atoms with Crippen molar-refractivity contribution in [1.82, 2.24) is 15.0 Å². The molecule has 8 heteroatoms. The van der Waals surface area contributed by atoms with E-state index in [1.807, 2.05) is 38.1 Å². The molecule has 2 heterocycles. The van der Waals surface area contributed by atoms with Crippen molar-refractivity contribution in [2.75, 3.05) is 17.7 Å². The van der Waals surface area contributed by atoms with Crippen LogP contribution in [0.3, 0.4) is 0 Å². The van der Waals surface area contributed by atoms with Crippen molar-refractivity contribution >= 4 is 39.7 Å². The lowest BCUT2D eigenvalue weighted by atomic mass is 10.2. The summed E-state index contributed by atoms with van der Waals surface area (Å²) in [5, 5.41) is 4.53. The molecule has 0 atom stereocenters. The highest BCUT2D eigenvalue weighted by Crippen LogP contribution is 2.34. The minimum atomic E-state index is 0.369. The van der Waals surface area contributed by atoms with Gasteiger partial charge in [0, 0.05) is 23.7 Å². The van der Waals surface area contributed by atoms with Crippen molar-refractivity contribution in [2.45, 2.75) is 20.5 Å². The third-order valence-corrected chi connectivity index (χ3v) is 5.07. The zero-order chi connectivity index (χ0) is 21.8. The van der Waals surface area contributed by atoms with E-state index in [9.17, 15) is 0 Å². The van der Waals surface area contributed by atoms with Crippen LogP contribution in [-0.4, -0.2) is 21.6 Å². The van der Waals surface area contributed by atoms with E-state index >= 15 is 0 Å². The molecule has 4 rings (SSSR count). The van der Waals surface area contributed by atoms with Crippen molar-refractivity contribution in [2.24, 2.45) is 0 Å². The van der Waals surface area contributed by atoms with E-state index < -0.39 is 0 Å². The second-order valence-corrected chi connectivity index (χ2v) is 7.29. The number of pyridine rings is 1. The lowest BCUT2D eigenvalue weighted by Crippen LogP contribution is -2.02. The van der Waals surface area contributed by atoms with E-state index in [1.165, 1.54) is 6.33 Å². The summed E-state index contributed by atoms with van der Waals surface area (Å²) in [7, 11) is 0. The number of ether oxygens (including phenoxy) is 2. The molecule has 0 unspecified atom stereocenters. The summed E-state index contributed by atoms with van der Waals surface area (Å²) in [4.78, 5) is 13.0. The first-order chi connectivity index (χ1) is 15.0. The molecule has 0 aliphatic carbocycles. The summed E-state index contributed by atoms with van der Waals surface area (Å²) in [6.45, 7) is 4.80. The number of benzene rings is 2. The minimum Gasteiger partial charge on any atom is -0.492 e. The number of halogens is 1. The molecule has 0 aliphatic rings. The summed E-state index contributed by atoms with van der Waals surface area (Å²) >= 11 is 6.50. The quantitative estimate of drug-likeness (QED) is 0.381. The van der Waals surface area contributed by atoms with Crippen LogP contribution in [0.15, 0.2) is 55.0 Å². The van der Waals surface area contributed by atoms with Crippen LogP contribution >= 0.6 is 11.6 Å². The van der Waals surface area contributed by atoms with Crippen LogP contribution in [0, 0.1) is 6.92 Å². The maximum absolute atomic E-state index is 6.50. The van der Waals surface area contributed by atoms with Crippen LogP contribution in [0.1, 0.15) is 18.2 Å². The van der Waals surface area contributed by atoms with Gasteiger partial charge in [0.25, 0.3) is 0 Å². The van der Waals surface area contributed by atoms with E-state index in [1.54, 1.807) is 24.4 Å². The van der Waals surface area contributed by atoms with Crippen molar-refractivity contribution in [3.05, 3.63) is 71.3 Å². The molecule has 0 aliphatic heterocycles. The summed E-state index contributed by atoms with van der Waals surface area (Å²) in [5.41, 5.74) is 10.0. The second kappa shape index (κ2) is 9.06. The van der Waals surface area contributed by atoms with Gasteiger partial charge in [-0.2, -0.15) is 0 Å². The van der Waals surface area contributed by atoms with Gasteiger partial charge < -0.3 is 20.5 Å². The molecule has 0 saturated heterocycles. The molecule has 158 valence electrons. The molecule has 2 aromatic carbocycles. The Morgan fingerprint density at radius 1 is 1.06 bits per heavy atom. The van der Waals surface area contributed by atoms with Crippen molar-refractivity contribution < 1.29 is 9.47 Å².